The molecule has 0 bridgehead atoms. The number of aromatic nitrogens is 2. The highest BCUT2D eigenvalue weighted by Gasteiger charge is 2.18. The number of amides is 1. The fourth-order valence-corrected chi connectivity index (χ4v) is 1.16. The lowest BCUT2D eigenvalue weighted by Gasteiger charge is -2.14. The molecule has 0 aromatic carbocycles. The standard InChI is InChI=1S/C11H18N4O2/c1-6-5-9(17-4)14-11(13-6)15-10(16)7(2)8(3)12/h5,7-8H,12H2,1-4H3,(H,13,14,15,16). The Bertz CT molecular complexity index is 406. The third-order valence-corrected chi connectivity index (χ3v) is 2.48. The van der Waals surface area contributed by atoms with E-state index in [1.165, 1.54) is 7.11 Å². The van der Waals surface area contributed by atoms with Crippen molar-refractivity contribution in [1.82, 2.24) is 9.97 Å². The van der Waals surface area contributed by atoms with Crippen molar-refractivity contribution in [3.8, 4) is 5.88 Å². The van der Waals surface area contributed by atoms with E-state index in [1.54, 1.807) is 26.8 Å². The van der Waals surface area contributed by atoms with Crippen molar-refractivity contribution in [3.63, 3.8) is 0 Å². The zero-order valence-corrected chi connectivity index (χ0v) is 10.5. The number of rotatable bonds is 4. The average molecular weight is 238 g/mol. The van der Waals surface area contributed by atoms with E-state index in [0.717, 1.165) is 5.69 Å². The molecule has 94 valence electrons. The lowest BCUT2D eigenvalue weighted by atomic mass is 10.0. The number of nitrogens with two attached hydrogens (primary N) is 1. The first kappa shape index (κ1) is 13.4. The minimum Gasteiger partial charge on any atom is -0.481 e. The summed E-state index contributed by atoms with van der Waals surface area (Å²) in [6.45, 7) is 5.34. The van der Waals surface area contributed by atoms with E-state index in [9.17, 15) is 4.79 Å². The zero-order chi connectivity index (χ0) is 13.0. The van der Waals surface area contributed by atoms with Crippen LogP contribution in [0.25, 0.3) is 0 Å². The topological polar surface area (TPSA) is 90.1 Å². The van der Waals surface area contributed by atoms with Crippen molar-refractivity contribution >= 4 is 11.9 Å². The lowest BCUT2D eigenvalue weighted by Crippen LogP contribution is -2.34. The second-order valence-corrected chi connectivity index (χ2v) is 4.01. The molecule has 1 heterocycles. The first-order valence-corrected chi connectivity index (χ1v) is 5.40. The maximum Gasteiger partial charge on any atom is 0.232 e. The van der Waals surface area contributed by atoms with Crippen molar-refractivity contribution in [2.45, 2.75) is 26.8 Å². The molecule has 0 saturated carbocycles. The summed E-state index contributed by atoms with van der Waals surface area (Å²) in [6, 6.07) is 1.46. The molecular formula is C11H18N4O2. The Morgan fingerprint density at radius 3 is 2.65 bits per heavy atom. The van der Waals surface area contributed by atoms with Gasteiger partial charge in [0.25, 0.3) is 0 Å². The van der Waals surface area contributed by atoms with Gasteiger partial charge in [0.05, 0.1) is 13.0 Å². The van der Waals surface area contributed by atoms with Gasteiger partial charge in [-0.25, -0.2) is 4.98 Å². The van der Waals surface area contributed by atoms with Crippen LogP contribution in [-0.4, -0.2) is 29.0 Å². The molecule has 0 aliphatic carbocycles. The molecule has 6 heteroatoms. The number of methoxy groups -OCH3 is 1. The maximum absolute atomic E-state index is 11.8. The van der Waals surface area contributed by atoms with Crippen LogP contribution in [0.3, 0.4) is 0 Å². The van der Waals surface area contributed by atoms with Gasteiger partial charge in [0, 0.05) is 17.8 Å². The number of hydrogen-bond acceptors (Lipinski definition) is 5. The van der Waals surface area contributed by atoms with Crippen molar-refractivity contribution in [2.24, 2.45) is 11.7 Å². The average Bonchev–Trinajstić information content (AvgIpc) is 2.26. The minimum atomic E-state index is -0.301. The van der Waals surface area contributed by atoms with Gasteiger partial charge in [-0.2, -0.15) is 4.98 Å². The number of nitrogens with one attached hydrogen (secondary N) is 1. The van der Waals surface area contributed by atoms with Gasteiger partial charge in [-0.1, -0.05) is 6.92 Å². The third-order valence-electron chi connectivity index (χ3n) is 2.48. The number of hydrogen-bond donors (Lipinski definition) is 2. The van der Waals surface area contributed by atoms with Crippen LogP contribution in [0.15, 0.2) is 6.07 Å². The van der Waals surface area contributed by atoms with Crippen molar-refractivity contribution in [2.75, 3.05) is 12.4 Å². The number of carbonyl (C=O) groups is 1. The maximum atomic E-state index is 11.8. The molecular weight excluding hydrogens is 220 g/mol. The van der Waals surface area contributed by atoms with E-state index in [4.69, 9.17) is 10.5 Å². The molecule has 3 N–H and O–H groups in total. The van der Waals surface area contributed by atoms with E-state index in [-0.39, 0.29) is 23.8 Å². The number of nitrogens with zero attached hydrogens (tertiary/aromatic N) is 2. The summed E-state index contributed by atoms with van der Waals surface area (Å²) < 4.78 is 5.00. The second kappa shape index (κ2) is 5.58. The van der Waals surface area contributed by atoms with Crippen LogP contribution in [0, 0.1) is 12.8 Å². The summed E-state index contributed by atoms with van der Waals surface area (Å²) in [5, 5.41) is 2.62. The highest BCUT2D eigenvalue weighted by atomic mass is 16.5. The second-order valence-electron chi connectivity index (χ2n) is 4.01. The zero-order valence-electron chi connectivity index (χ0n) is 10.5. The molecule has 2 atom stereocenters. The van der Waals surface area contributed by atoms with Gasteiger partial charge < -0.3 is 10.5 Å². The Morgan fingerprint density at radius 1 is 1.47 bits per heavy atom. The van der Waals surface area contributed by atoms with Crippen LogP contribution in [0.5, 0.6) is 5.88 Å². The van der Waals surface area contributed by atoms with Gasteiger partial charge in [0.1, 0.15) is 0 Å². The predicted molar refractivity (Wildman–Crippen MR) is 64.8 cm³/mol. The van der Waals surface area contributed by atoms with Crippen LogP contribution in [-0.2, 0) is 4.79 Å². The summed E-state index contributed by atoms with van der Waals surface area (Å²) in [6.07, 6.45) is 0. The largest absolute Gasteiger partial charge is 0.481 e. The van der Waals surface area contributed by atoms with Crippen molar-refractivity contribution in [1.29, 1.82) is 0 Å². The first-order valence-electron chi connectivity index (χ1n) is 5.40. The van der Waals surface area contributed by atoms with E-state index in [2.05, 4.69) is 15.3 Å². The van der Waals surface area contributed by atoms with Crippen LogP contribution in [0.2, 0.25) is 0 Å². The molecule has 1 rings (SSSR count). The molecule has 0 saturated heterocycles. The van der Waals surface area contributed by atoms with E-state index in [0.29, 0.717) is 5.88 Å². The van der Waals surface area contributed by atoms with Crippen LogP contribution < -0.4 is 15.8 Å². The van der Waals surface area contributed by atoms with Gasteiger partial charge in [-0.05, 0) is 13.8 Å². The minimum absolute atomic E-state index is 0.201. The lowest BCUT2D eigenvalue weighted by molar-refractivity contribution is -0.119. The van der Waals surface area contributed by atoms with Crippen LogP contribution in [0.4, 0.5) is 5.95 Å². The van der Waals surface area contributed by atoms with Gasteiger partial charge in [-0.15, -0.1) is 0 Å². The Hall–Kier alpha value is -1.69. The molecule has 1 aromatic rings. The summed E-state index contributed by atoms with van der Waals surface area (Å²) in [5.74, 6) is 0.151. The third kappa shape index (κ3) is 3.67. The summed E-state index contributed by atoms with van der Waals surface area (Å²) in [4.78, 5) is 19.9. The molecule has 0 aliphatic heterocycles. The van der Waals surface area contributed by atoms with E-state index >= 15 is 0 Å². The first-order chi connectivity index (χ1) is 7.93. The fraction of sp³-hybridized carbons (Fsp3) is 0.545. The highest BCUT2D eigenvalue weighted by Crippen LogP contribution is 2.12. The molecule has 1 amide bonds. The van der Waals surface area contributed by atoms with Gasteiger partial charge in [0.15, 0.2) is 0 Å². The fourth-order valence-electron chi connectivity index (χ4n) is 1.16. The Kier molecular flexibility index (Phi) is 4.39. The molecule has 6 nitrogen and oxygen atoms in total. The number of anilines is 1. The predicted octanol–water partition coefficient (Wildman–Crippen LogP) is 0.715. The Labute approximate surface area is 101 Å². The van der Waals surface area contributed by atoms with Crippen molar-refractivity contribution in [3.05, 3.63) is 11.8 Å². The quantitative estimate of drug-likeness (QED) is 0.806. The Morgan fingerprint density at radius 2 is 2.12 bits per heavy atom. The van der Waals surface area contributed by atoms with E-state index in [1.807, 2.05) is 0 Å². The molecule has 0 spiro atoms. The Balaban J connectivity index is 2.81. The molecule has 0 radical (unpaired) electrons. The van der Waals surface area contributed by atoms with Crippen molar-refractivity contribution < 1.29 is 9.53 Å². The van der Waals surface area contributed by atoms with Crippen LogP contribution >= 0.6 is 0 Å². The number of ether oxygens (including phenoxy) is 1. The molecule has 17 heavy (non-hydrogen) atoms. The smallest absolute Gasteiger partial charge is 0.232 e. The van der Waals surface area contributed by atoms with Crippen LogP contribution in [0.1, 0.15) is 19.5 Å². The normalized spacial score (nSPS) is 13.9. The molecule has 0 aliphatic rings. The van der Waals surface area contributed by atoms with Gasteiger partial charge in [-0.3, -0.25) is 10.1 Å². The molecule has 0 fully saturated rings. The SMILES string of the molecule is COc1cc(C)nc(NC(=O)C(C)C(C)N)n1. The van der Waals surface area contributed by atoms with E-state index < -0.39 is 0 Å². The highest BCUT2D eigenvalue weighted by molar-refractivity contribution is 5.91. The number of carbonyl (C=O) groups excluding carboxylic acids is 1. The van der Waals surface area contributed by atoms with Gasteiger partial charge >= 0.3 is 0 Å². The molecule has 2 unspecified atom stereocenters. The summed E-state index contributed by atoms with van der Waals surface area (Å²) in [5.41, 5.74) is 6.37. The molecule has 1 aromatic heterocycles. The summed E-state index contributed by atoms with van der Waals surface area (Å²) in [7, 11) is 1.51. The monoisotopic (exact) mass is 238 g/mol. The summed E-state index contributed by atoms with van der Waals surface area (Å²) >= 11 is 0. The number of aryl methyl sites for hydroxylation is 1. The van der Waals surface area contributed by atoms with Gasteiger partial charge in [0.2, 0.25) is 17.7 Å².